The molecule has 0 fully saturated rings. The highest BCUT2D eigenvalue weighted by atomic mass is 16.3. The maximum atomic E-state index is 10.6. The van der Waals surface area contributed by atoms with Crippen LogP contribution in [0.5, 0.6) is 0 Å². The number of carbonyl (C=O) groups excluding carboxylic acids is 1. The molecule has 0 rings (SSSR count). The molecule has 0 spiro atoms. The highest BCUT2D eigenvalue weighted by Gasteiger charge is 2.07. The molecule has 0 bridgehead atoms. The number of hydrogen-bond acceptors (Lipinski definition) is 3. The van der Waals surface area contributed by atoms with E-state index in [2.05, 4.69) is 5.32 Å². The minimum absolute atomic E-state index is 0.184. The molecule has 4 heteroatoms. The van der Waals surface area contributed by atoms with Gasteiger partial charge in [0.2, 0.25) is 5.91 Å². The lowest BCUT2D eigenvalue weighted by molar-refractivity contribution is -0.128. The Balaban J connectivity index is 3.40. The quantitative estimate of drug-likeness (QED) is 0.473. The summed E-state index contributed by atoms with van der Waals surface area (Å²) in [6, 6.07) is 0. The van der Waals surface area contributed by atoms with Crippen molar-refractivity contribution in [1.29, 1.82) is 0 Å². The molecule has 0 aromatic carbocycles. The molecule has 0 aromatic heterocycles. The van der Waals surface area contributed by atoms with Crippen LogP contribution in [-0.2, 0) is 4.79 Å². The van der Waals surface area contributed by atoms with Crippen molar-refractivity contribution < 1.29 is 15.0 Å². The fraction of sp³-hybridized carbons (Fsp3) is 0.833. The van der Waals surface area contributed by atoms with Crippen LogP contribution in [-0.4, -0.2) is 34.9 Å². The largest absolute Gasteiger partial charge is 0.392 e. The summed E-state index contributed by atoms with van der Waals surface area (Å²) < 4.78 is 0. The smallest absolute Gasteiger partial charge is 0.248 e. The monoisotopic (exact) mass is 147 g/mol. The zero-order chi connectivity index (χ0) is 8.15. The van der Waals surface area contributed by atoms with Crippen molar-refractivity contribution in [3.05, 3.63) is 0 Å². The van der Waals surface area contributed by atoms with Crippen molar-refractivity contribution in [1.82, 2.24) is 5.32 Å². The molecule has 0 saturated heterocycles. The molecule has 60 valence electrons. The number of nitrogens with one attached hydrogen (secondary N) is 1. The SMILES string of the molecule is C[C@@H](O)CNC(=O)[C@@H](C)O. The molecular formula is C6H13NO3. The van der Waals surface area contributed by atoms with Crippen molar-refractivity contribution >= 4 is 5.91 Å². The van der Waals surface area contributed by atoms with Crippen molar-refractivity contribution in [2.24, 2.45) is 0 Å². The van der Waals surface area contributed by atoms with Gasteiger partial charge in [0, 0.05) is 6.54 Å². The topological polar surface area (TPSA) is 69.6 Å². The molecule has 0 heterocycles. The lowest BCUT2D eigenvalue weighted by Gasteiger charge is -2.07. The second kappa shape index (κ2) is 4.24. The van der Waals surface area contributed by atoms with Crippen molar-refractivity contribution in [3.63, 3.8) is 0 Å². The standard InChI is InChI=1S/C6H13NO3/c1-4(8)3-7-6(10)5(2)9/h4-5,8-9H,3H2,1-2H3,(H,7,10)/t4-,5-/m1/s1. The first-order valence-electron chi connectivity index (χ1n) is 3.18. The lowest BCUT2D eigenvalue weighted by atomic mass is 10.3. The van der Waals surface area contributed by atoms with Gasteiger partial charge in [-0.15, -0.1) is 0 Å². The van der Waals surface area contributed by atoms with E-state index in [-0.39, 0.29) is 6.54 Å². The van der Waals surface area contributed by atoms with Crippen molar-refractivity contribution in [2.75, 3.05) is 6.54 Å². The van der Waals surface area contributed by atoms with Crippen LogP contribution in [0.1, 0.15) is 13.8 Å². The Labute approximate surface area is 59.9 Å². The summed E-state index contributed by atoms with van der Waals surface area (Å²) in [6.07, 6.45) is -1.57. The van der Waals surface area contributed by atoms with E-state index in [0.29, 0.717) is 0 Å². The van der Waals surface area contributed by atoms with Gasteiger partial charge in [0.05, 0.1) is 6.10 Å². The Morgan fingerprint density at radius 1 is 1.50 bits per heavy atom. The van der Waals surface area contributed by atoms with E-state index in [1.807, 2.05) is 0 Å². The predicted octanol–water partition coefficient (Wildman–Crippen LogP) is -1.14. The summed E-state index contributed by atoms with van der Waals surface area (Å²) in [7, 11) is 0. The molecule has 4 nitrogen and oxygen atoms in total. The average Bonchev–Trinajstić information content (AvgIpc) is 1.82. The van der Waals surface area contributed by atoms with Crippen LogP contribution in [0.3, 0.4) is 0 Å². The van der Waals surface area contributed by atoms with Crippen LogP contribution in [0.4, 0.5) is 0 Å². The van der Waals surface area contributed by atoms with E-state index in [1.165, 1.54) is 6.92 Å². The van der Waals surface area contributed by atoms with E-state index in [1.54, 1.807) is 6.92 Å². The number of hydrogen-bond donors (Lipinski definition) is 3. The second-order valence-corrected chi connectivity index (χ2v) is 2.27. The van der Waals surface area contributed by atoms with Crippen LogP contribution >= 0.6 is 0 Å². The normalized spacial score (nSPS) is 16.0. The van der Waals surface area contributed by atoms with Gasteiger partial charge in [-0.05, 0) is 13.8 Å². The molecule has 2 atom stereocenters. The van der Waals surface area contributed by atoms with Crippen molar-refractivity contribution in [2.45, 2.75) is 26.1 Å². The fourth-order valence-electron chi connectivity index (χ4n) is 0.396. The van der Waals surface area contributed by atoms with Crippen molar-refractivity contribution in [3.8, 4) is 0 Å². The lowest BCUT2D eigenvalue weighted by Crippen LogP contribution is -2.36. The Hall–Kier alpha value is -0.610. The van der Waals surface area contributed by atoms with Gasteiger partial charge in [0.25, 0.3) is 0 Å². The van der Waals surface area contributed by atoms with Crippen LogP contribution in [0.25, 0.3) is 0 Å². The highest BCUT2D eigenvalue weighted by Crippen LogP contribution is 1.80. The molecule has 0 unspecified atom stereocenters. The number of rotatable bonds is 3. The zero-order valence-electron chi connectivity index (χ0n) is 6.16. The Morgan fingerprint density at radius 2 is 2.00 bits per heavy atom. The van der Waals surface area contributed by atoms with Gasteiger partial charge >= 0.3 is 0 Å². The summed E-state index contributed by atoms with van der Waals surface area (Å²) in [5, 5.41) is 19.7. The second-order valence-electron chi connectivity index (χ2n) is 2.27. The van der Waals surface area contributed by atoms with E-state index < -0.39 is 18.1 Å². The molecule has 1 amide bonds. The summed E-state index contributed by atoms with van der Waals surface area (Å²) in [6.45, 7) is 3.11. The highest BCUT2D eigenvalue weighted by molar-refractivity contribution is 5.79. The predicted molar refractivity (Wildman–Crippen MR) is 36.4 cm³/mol. The Bertz CT molecular complexity index is 112. The third-order valence-corrected chi connectivity index (χ3v) is 0.951. The molecule has 10 heavy (non-hydrogen) atoms. The zero-order valence-corrected chi connectivity index (χ0v) is 6.16. The van der Waals surface area contributed by atoms with Gasteiger partial charge in [0.15, 0.2) is 0 Å². The molecular weight excluding hydrogens is 134 g/mol. The van der Waals surface area contributed by atoms with Crippen LogP contribution in [0.2, 0.25) is 0 Å². The van der Waals surface area contributed by atoms with Crippen LogP contribution in [0.15, 0.2) is 0 Å². The third kappa shape index (κ3) is 4.29. The molecule has 0 aromatic rings. The first kappa shape index (κ1) is 9.39. The average molecular weight is 147 g/mol. The minimum atomic E-state index is -1.00. The van der Waals surface area contributed by atoms with Gasteiger partial charge in [-0.3, -0.25) is 4.79 Å². The maximum absolute atomic E-state index is 10.6. The van der Waals surface area contributed by atoms with Crippen LogP contribution in [0, 0.1) is 0 Å². The molecule has 0 aliphatic rings. The van der Waals surface area contributed by atoms with Gasteiger partial charge in [-0.25, -0.2) is 0 Å². The maximum Gasteiger partial charge on any atom is 0.248 e. The molecule has 0 saturated carbocycles. The number of amides is 1. The Morgan fingerprint density at radius 3 is 2.30 bits per heavy atom. The minimum Gasteiger partial charge on any atom is -0.392 e. The third-order valence-electron chi connectivity index (χ3n) is 0.951. The Kier molecular flexibility index (Phi) is 3.99. The molecule has 0 aliphatic heterocycles. The van der Waals surface area contributed by atoms with E-state index in [4.69, 9.17) is 10.2 Å². The molecule has 0 radical (unpaired) electrons. The first-order chi connectivity index (χ1) is 4.54. The van der Waals surface area contributed by atoms with E-state index in [0.717, 1.165) is 0 Å². The van der Waals surface area contributed by atoms with Gasteiger partial charge in [-0.1, -0.05) is 0 Å². The van der Waals surface area contributed by atoms with Gasteiger partial charge in [0.1, 0.15) is 6.10 Å². The number of aliphatic hydroxyl groups excluding tert-OH is 2. The van der Waals surface area contributed by atoms with E-state index >= 15 is 0 Å². The summed E-state index contributed by atoms with van der Waals surface area (Å²) >= 11 is 0. The van der Waals surface area contributed by atoms with Crippen LogP contribution < -0.4 is 5.32 Å². The number of carbonyl (C=O) groups is 1. The molecule has 3 N–H and O–H groups in total. The summed E-state index contributed by atoms with van der Waals surface area (Å²) in [5.74, 6) is -0.457. The van der Waals surface area contributed by atoms with Gasteiger partial charge < -0.3 is 15.5 Å². The number of aliphatic hydroxyl groups is 2. The summed E-state index contributed by atoms with van der Waals surface area (Å²) in [5.41, 5.74) is 0. The summed E-state index contributed by atoms with van der Waals surface area (Å²) in [4.78, 5) is 10.6. The van der Waals surface area contributed by atoms with E-state index in [9.17, 15) is 4.79 Å². The van der Waals surface area contributed by atoms with Gasteiger partial charge in [-0.2, -0.15) is 0 Å². The molecule has 0 aliphatic carbocycles. The fourth-order valence-corrected chi connectivity index (χ4v) is 0.396. The first-order valence-corrected chi connectivity index (χ1v) is 3.18.